The van der Waals surface area contributed by atoms with Crippen LogP contribution < -0.4 is 25.3 Å². The van der Waals surface area contributed by atoms with E-state index in [0.29, 0.717) is 22.9 Å². The van der Waals surface area contributed by atoms with Gasteiger partial charge in [0, 0.05) is 16.5 Å². The minimum absolute atomic E-state index is 0.376. The van der Waals surface area contributed by atoms with Crippen LogP contribution in [0.1, 0.15) is 12.0 Å². The van der Waals surface area contributed by atoms with Crippen molar-refractivity contribution < 1.29 is 28.9 Å². The minimum atomic E-state index is -1.19. The Balaban J connectivity index is 2.01. The Labute approximate surface area is 195 Å². The molecule has 33 heavy (non-hydrogen) atoms. The first kappa shape index (κ1) is 24.0. The van der Waals surface area contributed by atoms with E-state index in [9.17, 15) is 9.59 Å². The van der Waals surface area contributed by atoms with E-state index in [1.165, 1.54) is 18.6 Å². The van der Waals surface area contributed by atoms with E-state index in [0.717, 1.165) is 27.9 Å². The summed E-state index contributed by atoms with van der Waals surface area (Å²) in [5.74, 6) is -0.0994. The van der Waals surface area contributed by atoms with E-state index in [-0.39, 0.29) is 0 Å². The molecule has 0 aliphatic carbocycles. The van der Waals surface area contributed by atoms with Gasteiger partial charge < -0.3 is 30.4 Å². The lowest BCUT2D eigenvalue weighted by Crippen LogP contribution is -2.37. The number of benzene rings is 2. The standard InChI is InChI=1S/C23H25N3O6S/c1-12-7-14(9-19(31-3)22(12)32-4)21-15(11-33-26-21)13-5-6-18(30-2)17(8-13)25-23(29)16(24)10-20(27)28/h5-9,11,16H,10,24H2,1-4H3,(H,25,29)(H,27,28)/t16-/m1/s1. The molecule has 0 saturated heterocycles. The van der Waals surface area contributed by atoms with Crippen molar-refractivity contribution in [1.29, 1.82) is 0 Å². The van der Waals surface area contributed by atoms with Gasteiger partial charge >= 0.3 is 5.97 Å². The summed E-state index contributed by atoms with van der Waals surface area (Å²) in [5, 5.41) is 13.5. The van der Waals surface area contributed by atoms with Gasteiger partial charge in [-0.2, -0.15) is 4.37 Å². The lowest BCUT2D eigenvalue weighted by Gasteiger charge is -2.15. The summed E-state index contributed by atoms with van der Waals surface area (Å²) in [4.78, 5) is 23.3. The number of aliphatic carboxylic acids is 1. The van der Waals surface area contributed by atoms with Crippen LogP contribution in [-0.2, 0) is 9.59 Å². The van der Waals surface area contributed by atoms with Crippen molar-refractivity contribution in [3.63, 3.8) is 0 Å². The van der Waals surface area contributed by atoms with E-state index < -0.39 is 24.3 Å². The number of aryl methyl sites for hydroxylation is 1. The van der Waals surface area contributed by atoms with Gasteiger partial charge in [0.2, 0.25) is 5.91 Å². The fraction of sp³-hybridized carbons (Fsp3) is 0.261. The van der Waals surface area contributed by atoms with Crippen LogP contribution in [0.2, 0.25) is 0 Å². The van der Waals surface area contributed by atoms with E-state index in [1.807, 2.05) is 30.5 Å². The van der Waals surface area contributed by atoms with Gasteiger partial charge in [-0.3, -0.25) is 9.59 Å². The molecule has 0 saturated carbocycles. The molecule has 1 atom stereocenters. The summed E-state index contributed by atoms with van der Waals surface area (Å²) in [6.07, 6.45) is -0.481. The van der Waals surface area contributed by atoms with E-state index in [2.05, 4.69) is 9.69 Å². The maximum Gasteiger partial charge on any atom is 0.305 e. The first-order valence-electron chi connectivity index (χ1n) is 9.93. The molecule has 2 aromatic carbocycles. The number of carbonyl (C=O) groups is 2. The number of hydrogen-bond donors (Lipinski definition) is 3. The number of nitrogens with zero attached hydrogens (tertiary/aromatic N) is 1. The summed E-state index contributed by atoms with van der Waals surface area (Å²) in [7, 11) is 4.65. The van der Waals surface area contributed by atoms with Crippen molar-refractivity contribution in [1.82, 2.24) is 4.37 Å². The van der Waals surface area contributed by atoms with Gasteiger partial charge in [-0.05, 0) is 53.8 Å². The number of amides is 1. The molecular formula is C23H25N3O6S. The fourth-order valence-corrected chi connectivity index (χ4v) is 4.14. The molecule has 0 spiro atoms. The second-order valence-electron chi connectivity index (χ2n) is 7.21. The van der Waals surface area contributed by atoms with Gasteiger partial charge in [0.25, 0.3) is 0 Å². The molecule has 3 aromatic rings. The second kappa shape index (κ2) is 10.3. The molecule has 1 amide bonds. The number of hydrogen-bond acceptors (Lipinski definition) is 8. The number of rotatable bonds is 9. The SMILES string of the molecule is COc1ccc(-c2csnc2-c2cc(C)c(OC)c(OC)c2)cc1NC(=O)[C@H](N)CC(=O)O. The zero-order valence-electron chi connectivity index (χ0n) is 18.7. The van der Waals surface area contributed by atoms with Crippen molar-refractivity contribution in [2.75, 3.05) is 26.6 Å². The Morgan fingerprint density at radius 1 is 1.09 bits per heavy atom. The number of anilines is 1. The molecule has 1 aromatic heterocycles. The third-order valence-corrected chi connectivity index (χ3v) is 5.64. The van der Waals surface area contributed by atoms with E-state index in [4.69, 9.17) is 25.1 Å². The van der Waals surface area contributed by atoms with Crippen molar-refractivity contribution >= 4 is 29.1 Å². The number of methoxy groups -OCH3 is 3. The summed E-state index contributed by atoms with van der Waals surface area (Å²) >= 11 is 1.30. The van der Waals surface area contributed by atoms with Crippen molar-refractivity contribution in [2.24, 2.45) is 5.73 Å². The van der Waals surface area contributed by atoms with Crippen molar-refractivity contribution in [2.45, 2.75) is 19.4 Å². The average Bonchev–Trinajstić information content (AvgIpc) is 3.28. The van der Waals surface area contributed by atoms with Gasteiger partial charge in [-0.25, -0.2) is 0 Å². The van der Waals surface area contributed by atoms with Crippen LogP contribution in [0.3, 0.4) is 0 Å². The summed E-state index contributed by atoms with van der Waals surface area (Å²) in [6, 6.07) is 7.95. The Hall–Kier alpha value is -3.63. The molecule has 10 heteroatoms. The topological polar surface area (TPSA) is 133 Å². The molecule has 3 rings (SSSR count). The highest BCUT2D eigenvalue weighted by Gasteiger charge is 2.20. The Morgan fingerprint density at radius 2 is 1.82 bits per heavy atom. The molecule has 1 heterocycles. The first-order valence-corrected chi connectivity index (χ1v) is 10.8. The molecule has 0 bridgehead atoms. The number of nitrogens with one attached hydrogen (secondary N) is 1. The third-order valence-electron chi connectivity index (χ3n) is 5.01. The zero-order chi connectivity index (χ0) is 24.1. The number of carboxylic acid groups (broad SMARTS) is 1. The molecule has 4 N–H and O–H groups in total. The second-order valence-corrected chi connectivity index (χ2v) is 7.84. The van der Waals surface area contributed by atoms with Gasteiger partial charge in [0.15, 0.2) is 11.5 Å². The average molecular weight is 472 g/mol. The lowest BCUT2D eigenvalue weighted by atomic mass is 9.99. The van der Waals surface area contributed by atoms with Gasteiger partial charge in [-0.1, -0.05) is 6.07 Å². The third kappa shape index (κ3) is 5.24. The zero-order valence-corrected chi connectivity index (χ0v) is 19.5. The number of nitrogens with two attached hydrogens (primary N) is 1. The van der Waals surface area contributed by atoms with Crippen molar-refractivity contribution in [3.05, 3.63) is 41.3 Å². The van der Waals surface area contributed by atoms with Crippen LogP contribution in [0.15, 0.2) is 35.7 Å². The molecule has 174 valence electrons. The van der Waals surface area contributed by atoms with Gasteiger partial charge in [0.05, 0.1) is 45.2 Å². The minimum Gasteiger partial charge on any atom is -0.495 e. The predicted molar refractivity (Wildman–Crippen MR) is 126 cm³/mol. The molecular weight excluding hydrogens is 446 g/mol. The molecule has 0 unspecified atom stereocenters. The van der Waals surface area contributed by atoms with Crippen molar-refractivity contribution in [3.8, 4) is 39.6 Å². The van der Waals surface area contributed by atoms with Gasteiger partial charge in [-0.15, -0.1) is 0 Å². The van der Waals surface area contributed by atoms with E-state index in [1.54, 1.807) is 26.4 Å². The van der Waals surface area contributed by atoms with E-state index >= 15 is 0 Å². The lowest BCUT2D eigenvalue weighted by molar-refractivity contribution is -0.138. The Kier molecular flexibility index (Phi) is 7.52. The molecule has 0 radical (unpaired) electrons. The molecule has 0 fully saturated rings. The highest BCUT2D eigenvalue weighted by Crippen LogP contribution is 2.40. The van der Waals surface area contributed by atoms with Crippen LogP contribution in [0.4, 0.5) is 5.69 Å². The van der Waals surface area contributed by atoms with Crippen LogP contribution in [0.25, 0.3) is 22.4 Å². The number of aromatic nitrogens is 1. The maximum atomic E-state index is 12.4. The van der Waals surface area contributed by atoms with Crippen LogP contribution in [0.5, 0.6) is 17.2 Å². The first-order chi connectivity index (χ1) is 15.8. The molecule has 0 aliphatic rings. The Bertz CT molecular complexity index is 1180. The largest absolute Gasteiger partial charge is 0.495 e. The maximum absolute atomic E-state index is 12.4. The highest BCUT2D eigenvalue weighted by atomic mass is 32.1. The smallest absolute Gasteiger partial charge is 0.305 e. The summed E-state index contributed by atoms with van der Waals surface area (Å²) < 4.78 is 20.8. The quantitative estimate of drug-likeness (QED) is 0.431. The van der Waals surface area contributed by atoms with Crippen LogP contribution >= 0.6 is 11.5 Å². The normalized spacial score (nSPS) is 11.5. The van der Waals surface area contributed by atoms with Gasteiger partial charge in [0.1, 0.15) is 5.75 Å². The highest BCUT2D eigenvalue weighted by molar-refractivity contribution is 7.04. The molecule has 0 aliphatic heterocycles. The predicted octanol–water partition coefficient (Wildman–Crippen LogP) is 3.55. The summed E-state index contributed by atoms with van der Waals surface area (Å²) in [6.45, 7) is 1.93. The Morgan fingerprint density at radius 3 is 2.45 bits per heavy atom. The number of carboxylic acids is 1. The van der Waals surface area contributed by atoms with Crippen LogP contribution in [-0.4, -0.2) is 48.7 Å². The number of ether oxygens (including phenoxy) is 3. The summed E-state index contributed by atoms with van der Waals surface area (Å²) in [5.41, 5.74) is 10.2. The number of carbonyl (C=O) groups excluding carboxylic acids is 1. The monoisotopic (exact) mass is 471 g/mol. The molecule has 9 nitrogen and oxygen atoms in total. The fourth-order valence-electron chi connectivity index (χ4n) is 3.42. The van der Waals surface area contributed by atoms with Crippen LogP contribution in [0, 0.1) is 6.92 Å².